The summed E-state index contributed by atoms with van der Waals surface area (Å²) in [6.07, 6.45) is 0. The summed E-state index contributed by atoms with van der Waals surface area (Å²) in [5.74, 6) is 0. The number of halogens is 1. The van der Waals surface area contributed by atoms with Gasteiger partial charge in [-0.2, -0.15) is 11.1 Å². The SMILES string of the molecule is CCOCC[Si](C)(C)Cl. The number of ether oxygens (including phenoxy) is 1. The second kappa shape index (κ2) is 4.31. The van der Waals surface area contributed by atoms with Gasteiger partial charge in [-0.15, -0.1) is 0 Å². The average Bonchev–Trinajstić information content (AvgIpc) is 1.63. The van der Waals surface area contributed by atoms with Gasteiger partial charge in [0.25, 0.3) is 0 Å². The summed E-state index contributed by atoms with van der Waals surface area (Å²) >= 11 is 6.03. The lowest BCUT2D eigenvalue weighted by Gasteiger charge is -2.11. The van der Waals surface area contributed by atoms with E-state index >= 15 is 0 Å². The quantitative estimate of drug-likeness (QED) is 0.354. The van der Waals surface area contributed by atoms with Gasteiger partial charge in [-0.1, -0.05) is 13.1 Å². The van der Waals surface area contributed by atoms with Gasteiger partial charge in [-0.3, -0.25) is 0 Å². The van der Waals surface area contributed by atoms with Crippen molar-refractivity contribution in [3.8, 4) is 0 Å². The minimum atomic E-state index is -1.35. The highest BCUT2D eigenvalue weighted by atomic mass is 35.6. The fourth-order valence-corrected chi connectivity index (χ4v) is 1.32. The molecule has 0 saturated carbocycles. The molecule has 0 radical (unpaired) electrons. The first-order valence-electron chi connectivity index (χ1n) is 3.33. The van der Waals surface area contributed by atoms with Gasteiger partial charge in [0, 0.05) is 13.2 Å². The molecule has 1 nitrogen and oxygen atoms in total. The lowest BCUT2D eigenvalue weighted by atomic mass is 10.8. The van der Waals surface area contributed by atoms with Gasteiger partial charge in [-0.05, 0) is 13.0 Å². The van der Waals surface area contributed by atoms with Crippen molar-refractivity contribution in [2.24, 2.45) is 0 Å². The minimum absolute atomic E-state index is 0.807. The van der Waals surface area contributed by atoms with Crippen molar-refractivity contribution in [3.63, 3.8) is 0 Å². The molecule has 0 unspecified atom stereocenters. The molecule has 0 aliphatic heterocycles. The van der Waals surface area contributed by atoms with Crippen LogP contribution in [0.1, 0.15) is 6.92 Å². The van der Waals surface area contributed by atoms with Crippen molar-refractivity contribution in [1.29, 1.82) is 0 Å². The standard InChI is InChI=1S/C6H15ClOSi/c1-4-8-5-6-9(2,3)7/h4-6H2,1-3H3. The molecular weight excluding hydrogens is 152 g/mol. The Morgan fingerprint density at radius 3 is 2.33 bits per heavy atom. The van der Waals surface area contributed by atoms with Crippen LogP contribution in [0.2, 0.25) is 19.1 Å². The summed E-state index contributed by atoms with van der Waals surface area (Å²) in [5.41, 5.74) is 0. The Balaban J connectivity index is 3.07. The van der Waals surface area contributed by atoms with Crippen molar-refractivity contribution in [2.75, 3.05) is 13.2 Å². The van der Waals surface area contributed by atoms with Crippen LogP contribution in [0.4, 0.5) is 0 Å². The summed E-state index contributed by atoms with van der Waals surface area (Å²) in [4.78, 5) is 0. The van der Waals surface area contributed by atoms with Crippen LogP contribution in [0.25, 0.3) is 0 Å². The molecule has 0 aromatic heterocycles. The van der Waals surface area contributed by atoms with Crippen LogP contribution < -0.4 is 0 Å². The zero-order chi connectivity index (χ0) is 7.33. The Kier molecular flexibility index (Phi) is 4.53. The molecule has 0 spiro atoms. The maximum Gasteiger partial charge on any atom is 0.152 e. The van der Waals surface area contributed by atoms with Crippen LogP contribution >= 0.6 is 11.1 Å². The van der Waals surface area contributed by atoms with E-state index in [2.05, 4.69) is 13.1 Å². The van der Waals surface area contributed by atoms with E-state index in [9.17, 15) is 0 Å². The predicted octanol–water partition coefficient (Wildman–Crippen LogP) is 2.47. The first kappa shape index (κ1) is 9.47. The molecule has 0 aliphatic carbocycles. The topological polar surface area (TPSA) is 9.23 Å². The van der Waals surface area contributed by atoms with Crippen LogP contribution in [-0.4, -0.2) is 20.6 Å². The molecule has 3 heteroatoms. The highest BCUT2D eigenvalue weighted by molar-refractivity contribution is 7.19. The zero-order valence-electron chi connectivity index (χ0n) is 6.41. The summed E-state index contributed by atoms with van der Waals surface area (Å²) in [6, 6.07) is 1.06. The van der Waals surface area contributed by atoms with E-state index in [1.165, 1.54) is 0 Å². The molecule has 0 bridgehead atoms. The molecule has 0 aliphatic rings. The Morgan fingerprint density at radius 1 is 1.44 bits per heavy atom. The van der Waals surface area contributed by atoms with E-state index in [0.717, 1.165) is 19.3 Å². The van der Waals surface area contributed by atoms with Crippen LogP contribution in [0, 0.1) is 0 Å². The van der Waals surface area contributed by atoms with Gasteiger partial charge in [0.15, 0.2) is 7.38 Å². The molecular formula is C6H15ClOSi. The summed E-state index contributed by atoms with van der Waals surface area (Å²) in [6.45, 7) is 7.91. The van der Waals surface area contributed by atoms with Crippen molar-refractivity contribution < 1.29 is 4.74 Å². The van der Waals surface area contributed by atoms with E-state index in [4.69, 9.17) is 15.8 Å². The number of hydrogen-bond acceptors (Lipinski definition) is 1. The Hall–Kier alpha value is 0.467. The van der Waals surface area contributed by atoms with Crippen molar-refractivity contribution in [2.45, 2.75) is 26.1 Å². The Morgan fingerprint density at radius 2 is 2.00 bits per heavy atom. The molecule has 0 saturated heterocycles. The molecule has 0 rings (SSSR count). The van der Waals surface area contributed by atoms with E-state index < -0.39 is 7.38 Å². The number of rotatable bonds is 4. The minimum Gasteiger partial charge on any atom is -0.382 e. The molecule has 0 aromatic rings. The van der Waals surface area contributed by atoms with Crippen molar-refractivity contribution in [3.05, 3.63) is 0 Å². The lowest BCUT2D eigenvalue weighted by Crippen LogP contribution is -2.18. The molecule has 0 heterocycles. The van der Waals surface area contributed by atoms with Crippen molar-refractivity contribution >= 4 is 18.5 Å². The average molecular weight is 167 g/mol. The number of hydrogen-bond donors (Lipinski definition) is 0. The first-order chi connectivity index (χ1) is 4.06. The second-order valence-corrected chi connectivity index (χ2v) is 9.67. The Labute approximate surface area is 63.1 Å². The van der Waals surface area contributed by atoms with Gasteiger partial charge >= 0.3 is 0 Å². The molecule has 0 N–H and O–H groups in total. The van der Waals surface area contributed by atoms with Gasteiger partial charge in [0.1, 0.15) is 0 Å². The zero-order valence-corrected chi connectivity index (χ0v) is 8.16. The van der Waals surface area contributed by atoms with E-state index in [1.807, 2.05) is 6.92 Å². The Bertz CT molecular complexity index is 69.9. The molecule has 0 fully saturated rings. The summed E-state index contributed by atoms with van der Waals surface area (Å²) < 4.78 is 5.16. The van der Waals surface area contributed by atoms with Gasteiger partial charge < -0.3 is 4.74 Å². The third kappa shape index (κ3) is 8.47. The lowest BCUT2D eigenvalue weighted by molar-refractivity contribution is 0.161. The maximum absolute atomic E-state index is 6.03. The van der Waals surface area contributed by atoms with Gasteiger partial charge in [0.2, 0.25) is 0 Å². The molecule has 0 atom stereocenters. The maximum atomic E-state index is 6.03. The van der Waals surface area contributed by atoms with E-state index in [0.29, 0.717) is 0 Å². The molecule has 0 amide bonds. The highest BCUT2D eigenvalue weighted by Gasteiger charge is 2.15. The van der Waals surface area contributed by atoms with Gasteiger partial charge in [-0.25, -0.2) is 0 Å². The molecule has 9 heavy (non-hydrogen) atoms. The molecule has 56 valence electrons. The van der Waals surface area contributed by atoms with E-state index in [-0.39, 0.29) is 0 Å². The van der Waals surface area contributed by atoms with E-state index in [1.54, 1.807) is 0 Å². The second-order valence-electron chi connectivity index (χ2n) is 2.67. The van der Waals surface area contributed by atoms with Gasteiger partial charge in [0.05, 0.1) is 0 Å². The third-order valence-corrected chi connectivity index (χ3v) is 3.01. The van der Waals surface area contributed by atoms with Crippen LogP contribution in [0.3, 0.4) is 0 Å². The normalized spacial score (nSPS) is 12.0. The molecule has 0 aromatic carbocycles. The fourth-order valence-electron chi connectivity index (χ4n) is 0.459. The third-order valence-electron chi connectivity index (χ3n) is 1.05. The van der Waals surface area contributed by atoms with Crippen LogP contribution in [0.5, 0.6) is 0 Å². The van der Waals surface area contributed by atoms with Crippen molar-refractivity contribution in [1.82, 2.24) is 0 Å². The fraction of sp³-hybridized carbons (Fsp3) is 1.00. The monoisotopic (exact) mass is 166 g/mol. The first-order valence-corrected chi connectivity index (χ1v) is 7.55. The largest absolute Gasteiger partial charge is 0.382 e. The smallest absolute Gasteiger partial charge is 0.152 e. The summed E-state index contributed by atoms with van der Waals surface area (Å²) in [7, 11) is -1.35. The summed E-state index contributed by atoms with van der Waals surface area (Å²) in [5, 5.41) is 0. The highest BCUT2D eigenvalue weighted by Crippen LogP contribution is 2.13. The van der Waals surface area contributed by atoms with Crippen LogP contribution in [-0.2, 0) is 4.74 Å². The van der Waals surface area contributed by atoms with Crippen LogP contribution in [0.15, 0.2) is 0 Å². The predicted molar refractivity (Wildman–Crippen MR) is 44.6 cm³/mol.